The summed E-state index contributed by atoms with van der Waals surface area (Å²) in [7, 11) is 0. The normalized spacial score (nSPS) is 20.2. The number of furan rings is 1. The summed E-state index contributed by atoms with van der Waals surface area (Å²) >= 11 is 0. The van der Waals surface area contributed by atoms with Crippen LogP contribution in [0.5, 0.6) is 0 Å². The van der Waals surface area contributed by atoms with Gasteiger partial charge in [0.1, 0.15) is 0 Å². The highest BCUT2D eigenvalue weighted by molar-refractivity contribution is 5.92. The molecule has 1 saturated heterocycles. The van der Waals surface area contributed by atoms with E-state index in [0.717, 1.165) is 25.8 Å². The fourth-order valence-electron chi connectivity index (χ4n) is 3.86. The lowest BCUT2D eigenvalue weighted by Crippen LogP contribution is -2.47. The van der Waals surface area contributed by atoms with Crippen molar-refractivity contribution >= 4 is 11.8 Å². The van der Waals surface area contributed by atoms with Gasteiger partial charge < -0.3 is 14.2 Å². The van der Waals surface area contributed by atoms with E-state index in [1.807, 2.05) is 11.0 Å². The molecule has 0 bridgehead atoms. The van der Waals surface area contributed by atoms with Gasteiger partial charge in [0.25, 0.3) is 5.91 Å². The van der Waals surface area contributed by atoms with Crippen LogP contribution in [0.2, 0.25) is 0 Å². The van der Waals surface area contributed by atoms with Crippen LogP contribution in [0.25, 0.3) is 0 Å². The molecule has 0 saturated carbocycles. The number of carbonyl (C=O) groups is 2. The minimum atomic E-state index is -0.119. The molecular weight excluding hydrogens is 316 g/mol. The molecule has 0 aliphatic carbocycles. The molecule has 130 valence electrons. The van der Waals surface area contributed by atoms with Gasteiger partial charge in [0.2, 0.25) is 5.91 Å². The number of hydrogen-bond donors (Lipinski definition) is 0. The molecule has 1 aromatic heterocycles. The van der Waals surface area contributed by atoms with E-state index in [1.54, 1.807) is 17.0 Å². The van der Waals surface area contributed by atoms with Crippen molar-refractivity contribution in [2.45, 2.75) is 25.8 Å². The van der Waals surface area contributed by atoms with Crippen molar-refractivity contribution in [3.05, 3.63) is 59.5 Å². The lowest BCUT2D eigenvalue weighted by atomic mass is 9.94. The number of fused-ring (bicyclic) bond motifs is 1. The highest BCUT2D eigenvalue weighted by Crippen LogP contribution is 2.25. The van der Waals surface area contributed by atoms with Gasteiger partial charge in [-0.25, -0.2) is 0 Å². The number of likely N-dealkylation sites (tertiary alicyclic amines) is 1. The Morgan fingerprint density at radius 2 is 1.84 bits per heavy atom. The van der Waals surface area contributed by atoms with Crippen LogP contribution in [0.3, 0.4) is 0 Å². The second-order valence-corrected chi connectivity index (χ2v) is 6.85. The van der Waals surface area contributed by atoms with Gasteiger partial charge in [-0.3, -0.25) is 9.59 Å². The number of hydrogen-bond acceptors (Lipinski definition) is 3. The molecule has 0 N–H and O–H groups in total. The lowest BCUT2D eigenvalue weighted by molar-refractivity contribution is -0.137. The van der Waals surface area contributed by atoms with E-state index >= 15 is 0 Å². The molecule has 1 atom stereocenters. The van der Waals surface area contributed by atoms with Crippen LogP contribution in [0.4, 0.5) is 0 Å². The van der Waals surface area contributed by atoms with Crippen LogP contribution in [-0.2, 0) is 17.8 Å². The van der Waals surface area contributed by atoms with Crippen molar-refractivity contribution in [3.8, 4) is 0 Å². The van der Waals surface area contributed by atoms with E-state index in [1.165, 1.54) is 17.4 Å². The second kappa shape index (κ2) is 6.75. The van der Waals surface area contributed by atoms with Crippen molar-refractivity contribution in [3.63, 3.8) is 0 Å². The molecule has 5 nitrogen and oxygen atoms in total. The van der Waals surface area contributed by atoms with E-state index < -0.39 is 0 Å². The monoisotopic (exact) mass is 338 g/mol. The summed E-state index contributed by atoms with van der Waals surface area (Å²) in [4.78, 5) is 29.2. The predicted octanol–water partition coefficient (Wildman–Crippen LogP) is 2.72. The van der Waals surface area contributed by atoms with Gasteiger partial charge >= 0.3 is 0 Å². The van der Waals surface area contributed by atoms with Crippen molar-refractivity contribution in [2.24, 2.45) is 5.92 Å². The molecular formula is C20H22N2O3. The smallest absolute Gasteiger partial charge is 0.289 e. The zero-order valence-electron chi connectivity index (χ0n) is 14.2. The maximum Gasteiger partial charge on any atom is 0.289 e. The largest absolute Gasteiger partial charge is 0.459 e. The molecule has 2 aliphatic rings. The average Bonchev–Trinajstić information content (AvgIpc) is 3.21. The Labute approximate surface area is 147 Å². The molecule has 2 aliphatic heterocycles. The Bertz CT molecular complexity index is 769. The molecule has 2 aromatic rings. The van der Waals surface area contributed by atoms with Crippen LogP contribution in [-0.4, -0.2) is 41.2 Å². The van der Waals surface area contributed by atoms with Gasteiger partial charge in [0.15, 0.2) is 5.76 Å². The quantitative estimate of drug-likeness (QED) is 0.846. The maximum atomic E-state index is 13.0. The zero-order chi connectivity index (χ0) is 17.2. The van der Waals surface area contributed by atoms with Crippen molar-refractivity contribution in [2.75, 3.05) is 19.6 Å². The standard InChI is InChI=1S/C20H22N2O3/c23-19(22-11-9-15-5-1-2-6-16(15)13-22)17-7-3-10-21(14-17)20(24)18-8-4-12-25-18/h1-2,4-6,8,12,17H,3,7,9-11,13-14H2. The molecule has 2 amide bonds. The summed E-state index contributed by atoms with van der Waals surface area (Å²) in [6, 6.07) is 11.7. The molecule has 3 heterocycles. The highest BCUT2D eigenvalue weighted by Gasteiger charge is 2.33. The van der Waals surface area contributed by atoms with E-state index in [0.29, 0.717) is 25.4 Å². The van der Waals surface area contributed by atoms with Crippen molar-refractivity contribution in [1.82, 2.24) is 9.80 Å². The first-order valence-corrected chi connectivity index (χ1v) is 8.91. The molecule has 0 spiro atoms. The lowest BCUT2D eigenvalue weighted by Gasteiger charge is -2.36. The third-order valence-electron chi connectivity index (χ3n) is 5.23. The number of piperidine rings is 1. The zero-order valence-corrected chi connectivity index (χ0v) is 14.2. The van der Waals surface area contributed by atoms with Crippen LogP contribution < -0.4 is 0 Å². The van der Waals surface area contributed by atoms with Crippen LogP contribution in [0.15, 0.2) is 47.1 Å². The number of amides is 2. The van der Waals surface area contributed by atoms with E-state index in [-0.39, 0.29) is 17.7 Å². The van der Waals surface area contributed by atoms with E-state index in [9.17, 15) is 9.59 Å². The van der Waals surface area contributed by atoms with Crippen molar-refractivity contribution < 1.29 is 14.0 Å². The summed E-state index contributed by atoms with van der Waals surface area (Å²) in [5.74, 6) is 0.288. The molecule has 1 aromatic carbocycles. The van der Waals surface area contributed by atoms with Gasteiger partial charge in [0, 0.05) is 26.2 Å². The van der Waals surface area contributed by atoms with Crippen LogP contribution in [0.1, 0.15) is 34.5 Å². The number of carbonyl (C=O) groups excluding carboxylic acids is 2. The summed E-state index contributed by atoms with van der Waals surface area (Å²) in [5.41, 5.74) is 2.58. The Hall–Kier alpha value is -2.56. The minimum Gasteiger partial charge on any atom is -0.459 e. The number of benzene rings is 1. The van der Waals surface area contributed by atoms with Gasteiger partial charge in [-0.15, -0.1) is 0 Å². The predicted molar refractivity (Wildman–Crippen MR) is 92.9 cm³/mol. The summed E-state index contributed by atoms with van der Waals surface area (Å²) in [5, 5.41) is 0. The van der Waals surface area contributed by atoms with Crippen molar-refractivity contribution in [1.29, 1.82) is 0 Å². The molecule has 4 rings (SSSR count). The fourth-order valence-corrected chi connectivity index (χ4v) is 3.86. The first-order chi connectivity index (χ1) is 12.2. The summed E-state index contributed by atoms with van der Waals surface area (Å²) in [6.07, 6.45) is 4.11. The number of nitrogens with zero attached hydrogens (tertiary/aromatic N) is 2. The average molecular weight is 338 g/mol. The molecule has 0 radical (unpaired) electrons. The minimum absolute atomic E-state index is 0.113. The van der Waals surface area contributed by atoms with E-state index in [2.05, 4.69) is 18.2 Å². The third kappa shape index (κ3) is 3.18. The van der Waals surface area contributed by atoms with Crippen LogP contribution >= 0.6 is 0 Å². The fraction of sp³-hybridized carbons (Fsp3) is 0.400. The highest BCUT2D eigenvalue weighted by atomic mass is 16.3. The molecule has 25 heavy (non-hydrogen) atoms. The van der Waals surface area contributed by atoms with Crippen LogP contribution in [0, 0.1) is 5.92 Å². The SMILES string of the molecule is O=C(c1ccco1)N1CCCC(C(=O)N2CCc3ccccc3C2)C1. The molecule has 1 unspecified atom stereocenters. The Morgan fingerprint density at radius 1 is 1.00 bits per heavy atom. The van der Waals surface area contributed by atoms with Gasteiger partial charge in [-0.2, -0.15) is 0 Å². The summed E-state index contributed by atoms with van der Waals surface area (Å²) < 4.78 is 5.21. The maximum absolute atomic E-state index is 13.0. The Morgan fingerprint density at radius 3 is 2.64 bits per heavy atom. The second-order valence-electron chi connectivity index (χ2n) is 6.85. The van der Waals surface area contributed by atoms with E-state index in [4.69, 9.17) is 4.42 Å². The molecule has 1 fully saturated rings. The first kappa shape index (κ1) is 15.9. The Balaban J connectivity index is 1.43. The van der Waals surface area contributed by atoms with Gasteiger partial charge in [-0.05, 0) is 42.5 Å². The van der Waals surface area contributed by atoms with Gasteiger partial charge in [0.05, 0.1) is 12.2 Å². The topological polar surface area (TPSA) is 53.8 Å². The summed E-state index contributed by atoms with van der Waals surface area (Å²) in [6.45, 7) is 2.61. The molecule has 5 heteroatoms. The van der Waals surface area contributed by atoms with Gasteiger partial charge in [-0.1, -0.05) is 24.3 Å². The Kier molecular flexibility index (Phi) is 4.30. The third-order valence-corrected chi connectivity index (χ3v) is 5.23. The first-order valence-electron chi connectivity index (χ1n) is 8.91. The number of rotatable bonds is 2.